The second kappa shape index (κ2) is 4.94. The van der Waals surface area contributed by atoms with Crippen LogP contribution in [0.4, 0.5) is 10.5 Å². The summed E-state index contributed by atoms with van der Waals surface area (Å²) in [6.07, 6.45) is 1.20. The molecule has 4 heteroatoms. The maximum atomic E-state index is 13.4. The first-order valence-corrected chi connectivity index (χ1v) is 8.89. The first kappa shape index (κ1) is 14.7. The molecule has 5 rings (SSSR count). The van der Waals surface area contributed by atoms with Gasteiger partial charge in [-0.3, -0.25) is 9.69 Å². The number of anilines is 1. The Bertz CT molecular complexity index is 878. The van der Waals surface area contributed by atoms with Crippen LogP contribution in [0.15, 0.2) is 54.6 Å². The lowest BCUT2D eigenvalue weighted by Crippen LogP contribution is -2.53. The average molecular weight is 332 g/mol. The number of carbonyl (C=O) groups is 2. The molecule has 4 nitrogen and oxygen atoms in total. The first-order valence-electron chi connectivity index (χ1n) is 8.89. The number of urea groups is 1. The van der Waals surface area contributed by atoms with E-state index in [1.54, 1.807) is 0 Å². The van der Waals surface area contributed by atoms with Gasteiger partial charge in [-0.05, 0) is 23.1 Å². The third kappa shape index (κ3) is 1.77. The highest BCUT2D eigenvalue weighted by atomic mass is 16.2. The number of Topliss-reactive ketones (excluding diaryl/α,β-unsaturated/α-hetero) is 1. The van der Waals surface area contributed by atoms with Crippen molar-refractivity contribution < 1.29 is 9.59 Å². The Morgan fingerprint density at radius 1 is 1.04 bits per heavy atom. The second-order valence-electron chi connectivity index (χ2n) is 7.51. The third-order valence-corrected chi connectivity index (χ3v) is 6.08. The van der Waals surface area contributed by atoms with Gasteiger partial charge >= 0.3 is 6.03 Å². The van der Waals surface area contributed by atoms with Crippen molar-refractivity contribution in [1.29, 1.82) is 0 Å². The van der Waals surface area contributed by atoms with E-state index in [9.17, 15) is 9.59 Å². The van der Waals surface area contributed by atoms with Crippen molar-refractivity contribution in [2.45, 2.75) is 37.9 Å². The lowest BCUT2D eigenvalue weighted by molar-refractivity contribution is -0.121. The van der Waals surface area contributed by atoms with E-state index in [4.69, 9.17) is 0 Å². The summed E-state index contributed by atoms with van der Waals surface area (Å²) in [7, 11) is 0. The standard InChI is InChI=1S/C21H20N2O2/c1-14-11-18(24)21-12-16-9-5-6-10-17(16)23(21)20(25)22(19(14)21)13-15-7-3-2-4-8-15/h2-10,14,19H,11-13H2,1H3/t14-,19+,21-/m0/s1. The molecular formula is C21H20N2O2. The van der Waals surface area contributed by atoms with E-state index in [0.717, 1.165) is 16.8 Å². The van der Waals surface area contributed by atoms with Gasteiger partial charge in [0.2, 0.25) is 0 Å². The van der Waals surface area contributed by atoms with Crippen molar-refractivity contribution >= 4 is 17.5 Å². The summed E-state index contributed by atoms with van der Waals surface area (Å²) in [5, 5.41) is 0. The lowest BCUT2D eigenvalue weighted by atomic mass is 9.86. The van der Waals surface area contributed by atoms with Gasteiger partial charge < -0.3 is 4.90 Å². The second-order valence-corrected chi connectivity index (χ2v) is 7.51. The van der Waals surface area contributed by atoms with Gasteiger partial charge in [-0.25, -0.2) is 4.79 Å². The lowest BCUT2D eigenvalue weighted by Gasteiger charge is -2.31. The van der Waals surface area contributed by atoms with Gasteiger partial charge in [0.25, 0.3) is 0 Å². The number of rotatable bonds is 2. The zero-order valence-electron chi connectivity index (χ0n) is 14.2. The highest BCUT2D eigenvalue weighted by Gasteiger charge is 2.69. The van der Waals surface area contributed by atoms with Crippen LogP contribution in [0.25, 0.3) is 0 Å². The molecule has 1 saturated heterocycles. The van der Waals surface area contributed by atoms with Crippen molar-refractivity contribution in [1.82, 2.24) is 4.90 Å². The molecule has 2 heterocycles. The minimum atomic E-state index is -0.699. The molecule has 25 heavy (non-hydrogen) atoms. The number of nitrogens with zero attached hydrogens (tertiary/aromatic N) is 2. The monoisotopic (exact) mass is 332 g/mol. The van der Waals surface area contributed by atoms with E-state index in [1.807, 2.05) is 64.4 Å². The number of fused-ring (bicyclic) bond motifs is 2. The Kier molecular flexibility index (Phi) is 2.91. The molecule has 2 aromatic carbocycles. The molecule has 2 fully saturated rings. The van der Waals surface area contributed by atoms with Gasteiger partial charge in [0.1, 0.15) is 5.54 Å². The van der Waals surface area contributed by atoms with E-state index in [1.165, 1.54) is 0 Å². The maximum Gasteiger partial charge on any atom is 0.326 e. The van der Waals surface area contributed by atoms with Crippen LogP contribution < -0.4 is 4.90 Å². The molecule has 126 valence electrons. The van der Waals surface area contributed by atoms with Crippen molar-refractivity contribution in [3.63, 3.8) is 0 Å². The molecule has 1 aliphatic carbocycles. The smallest absolute Gasteiger partial charge is 0.314 e. The van der Waals surface area contributed by atoms with Crippen molar-refractivity contribution in [2.24, 2.45) is 5.92 Å². The van der Waals surface area contributed by atoms with Gasteiger partial charge in [-0.1, -0.05) is 55.5 Å². The summed E-state index contributed by atoms with van der Waals surface area (Å²) in [6.45, 7) is 2.66. The normalized spacial score (nSPS) is 29.8. The minimum Gasteiger partial charge on any atom is -0.314 e. The summed E-state index contributed by atoms with van der Waals surface area (Å²) < 4.78 is 0. The average Bonchev–Trinajstić information content (AvgIpc) is 3.16. The number of hydrogen-bond acceptors (Lipinski definition) is 2. The summed E-state index contributed by atoms with van der Waals surface area (Å²) in [6, 6.07) is 17.9. The van der Waals surface area contributed by atoms with Gasteiger partial charge in [-0.2, -0.15) is 0 Å². The molecule has 3 atom stereocenters. The molecule has 3 aliphatic rings. The minimum absolute atomic E-state index is 0.0290. The van der Waals surface area contributed by atoms with Crippen LogP contribution in [0.2, 0.25) is 0 Å². The Morgan fingerprint density at radius 3 is 2.56 bits per heavy atom. The number of benzene rings is 2. The largest absolute Gasteiger partial charge is 0.326 e. The number of carbonyl (C=O) groups excluding carboxylic acids is 2. The molecule has 0 radical (unpaired) electrons. The third-order valence-electron chi connectivity index (χ3n) is 6.08. The Morgan fingerprint density at radius 2 is 1.76 bits per heavy atom. The predicted octanol–water partition coefficient (Wildman–Crippen LogP) is 3.40. The summed E-state index contributed by atoms with van der Waals surface area (Å²) >= 11 is 0. The molecule has 2 aromatic rings. The first-order chi connectivity index (χ1) is 12.1. The molecule has 0 N–H and O–H groups in total. The van der Waals surface area contributed by atoms with Crippen LogP contribution in [-0.2, 0) is 17.8 Å². The van der Waals surface area contributed by atoms with Crippen molar-refractivity contribution in [3.05, 3.63) is 65.7 Å². The molecule has 2 amide bonds. The van der Waals surface area contributed by atoms with E-state index >= 15 is 0 Å². The van der Waals surface area contributed by atoms with Gasteiger partial charge in [0.05, 0.1) is 6.04 Å². The molecule has 0 bridgehead atoms. The highest BCUT2D eigenvalue weighted by Crippen LogP contribution is 2.54. The summed E-state index contributed by atoms with van der Waals surface area (Å²) in [5.41, 5.74) is 2.43. The Balaban J connectivity index is 1.63. The molecule has 1 saturated carbocycles. The van der Waals surface area contributed by atoms with Crippen LogP contribution in [0.5, 0.6) is 0 Å². The van der Waals surface area contributed by atoms with Crippen LogP contribution in [0, 0.1) is 5.92 Å². The quantitative estimate of drug-likeness (QED) is 0.846. The Hall–Kier alpha value is -2.62. The van der Waals surface area contributed by atoms with Crippen molar-refractivity contribution in [3.8, 4) is 0 Å². The topological polar surface area (TPSA) is 40.6 Å². The van der Waals surface area contributed by atoms with Gasteiger partial charge in [0.15, 0.2) is 5.78 Å². The Labute approximate surface area is 147 Å². The van der Waals surface area contributed by atoms with Crippen molar-refractivity contribution in [2.75, 3.05) is 4.90 Å². The van der Waals surface area contributed by atoms with E-state index in [0.29, 0.717) is 19.4 Å². The van der Waals surface area contributed by atoms with Crippen LogP contribution >= 0.6 is 0 Å². The fraction of sp³-hybridized carbons (Fsp3) is 0.333. The molecule has 0 aromatic heterocycles. The van der Waals surface area contributed by atoms with Gasteiger partial charge in [0, 0.05) is 25.1 Å². The summed E-state index contributed by atoms with van der Waals surface area (Å²) in [4.78, 5) is 30.2. The highest BCUT2D eigenvalue weighted by molar-refractivity contribution is 6.12. The zero-order chi connectivity index (χ0) is 17.2. The van der Waals surface area contributed by atoms with Gasteiger partial charge in [-0.15, -0.1) is 0 Å². The SMILES string of the molecule is C[C@H]1CC(=O)[C@]23Cc4ccccc4N2C(=O)N(Cc2ccccc2)[C@H]13. The molecule has 2 aliphatic heterocycles. The maximum absolute atomic E-state index is 13.4. The summed E-state index contributed by atoms with van der Waals surface area (Å²) in [5.74, 6) is 0.393. The predicted molar refractivity (Wildman–Crippen MR) is 95.3 cm³/mol. The van der Waals surface area contributed by atoms with E-state index < -0.39 is 5.54 Å². The number of para-hydroxylation sites is 1. The number of ketones is 1. The number of hydrogen-bond donors (Lipinski definition) is 0. The fourth-order valence-electron chi connectivity index (χ4n) is 5.17. The van der Waals surface area contributed by atoms with E-state index in [2.05, 4.69) is 6.92 Å². The zero-order valence-corrected chi connectivity index (χ0v) is 14.2. The van der Waals surface area contributed by atoms with E-state index in [-0.39, 0.29) is 23.8 Å². The molecule has 0 unspecified atom stereocenters. The molecule has 1 spiro atoms. The molecular weight excluding hydrogens is 312 g/mol. The van der Waals surface area contributed by atoms with Crippen LogP contribution in [0.1, 0.15) is 24.5 Å². The fourth-order valence-corrected chi connectivity index (χ4v) is 5.17. The number of amides is 2. The van der Waals surface area contributed by atoms with Crippen LogP contribution in [0.3, 0.4) is 0 Å². The van der Waals surface area contributed by atoms with Crippen LogP contribution in [-0.4, -0.2) is 28.3 Å².